The summed E-state index contributed by atoms with van der Waals surface area (Å²) in [6.45, 7) is 1.77. The fourth-order valence-electron chi connectivity index (χ4n) is 1.93. The zero-order valence-electron chi connectivity index (χ0n) is 13.9. The molecule has 0 spiro atoms. The van der Waals surface area contributed by atoms with Crippen molar-refractivity contribution in [2.45, 2.75) is 6.92 Å². The Morgan fingerprint density at radius 2 is 1.92 bits per heavy atom. The standard InChI is InChI=1S/C18H18BrN3O3/c1-12-3-5-13(6-4-12)18(24)20-11-17(23)22-21-10-14-9-15(25-2)7-8-16(14)19/h3-10H,11H2,1-2H3,(H,20,24)(H,22,23)/b21-10-. The lowest BCUT2D eigenvalue weighted by Crippen LogP contribution is -2.34. The highest BCUT2D eigenvalue weighted by Crippen LogP contribution is 2.20. The molecule has 25 heavy (non-hydrogen) atoms. The number of nitrogens with zero attached hydrogens (tertiary/aromatic N) is 1. The molecular formula is C18H18BrN3O3. The van der Waals surface area contributed by atoms with Gasteiger partial charge in [-0.1, -0.05) is 33.6 Å². The number of benzene rings is 2. The number of nitrogens with one attached hydrogen (secondary N) is 2. The Morgan fingerprint density at radius 3 is 2.60 bits per heavy atom. The molecule has 2 rings (SSSR count). The summed E-state index contributed by atoms with van der Waals surface area (Å²) in [5, 5.41) is 6.42. The van der Waals surface area contributed by atoms with E-state index in [0.717, 1.165) is 15.6 Å². The number of hydrazone groups is 1. The summed E-state index contributed by atoms with van der Waals surface area (Å²) >= 11 is 3.39. The van der Waals surface area contributed by atoms with Crippen LogP contribution in [-0.4, -0.2) is 31.7 Å². The van der Waals surface area contributed by atoms with Gasteiger partial charge in [0.1, 0.15) is 5.75 Å². The van der Waals surface area contributed by atoms with Gasteiger partial charge >= 0.3 is 0 Å². The lowest BCUT2D eigenvalue weighted by molar-refractivity contribution is -0.120. The van der Waals surface area contributed by atoms with Crippen molar-refractivity contribution in [1.29, 1.82) is 0 Å². The van der Waals surface area contributed by atoms with Crippen LogP contribution in [0.3, 0.4) is 0 Å². The zero-order valence-corrected chi connectivity index (χ0v) is 15.5. The van der Waals surface area contributed by atoms with Gasteiger partial charge in [0.05, 0.1) is 19.9 Å². The highest BCUT2D eigenvalue weighted by atomic mass is 79.9. The summed E-state index contributed by atoms with van der Waals surface area (Å²) in [6.07, 6.45) is 1.49. The van der Waals surface area contributed by atoms with Crippen molar-refractivity contribution in [3.8, 4) is 5.75 Å². The quantitative estimate of drug-likeness (QED) is 0.574. The molecule has 0 aliphatic heterocycles. The molecule has 0 saturated heterocycles. The van der Waals surface area contributed by atoms with Crippen molar-refractivity contribution in [2.24, 2.45) is 5.10 Å². The molecule has 0 aromatic heterocycles. The van der Waals surface area contributed by atoms with Crippen LogP contribution in [0.2, 0.25) is 0 Å². The second-order valence-corrected chi connectivity index (χ2v) is 6.08. The molecule has 2 amide bonds. The topological polar surface area (TPSA) is 79.8 Å². The van der Waals surface area contributed by atoms with Gasteiger partial charge in [-0.25, -0.2) is 5.43 Å². The molecule has 0 unspecified atom stereocenters. The molecular weight excluding hydrogens is 386 g/mol. The first-order chi connectivity index (χ1) is 12.0. The van der Waals surface area contributed by atoms with Crippen molar-refractivity contribution in [2.75, 3.05) is 13.7 Å². The summed E-state index contributed by atoms with van der Waals surface area (Å²) < 4.78 is 5.95. The fourth-order valence-corrected chi connectivity index (χ4v) is 2.28. The molecule has 0 bridgehead atoms. The molecule has 0 heterocycles. The van der Waals surface area contributed by atoms with Crippen LogP contribution < -0.4 is 15.5 Å². The number of methoxy groups -OCH3 is 1. The van der Waals surface area contributed by atoms with Crippen molar-refractivity contribution in [3.05, 3.63) is 63.6 Å². The van der Waals surface area contributed by atoms with Gasteiger partial charge in [0.15, 0.2) is 0 Å². The van der Waals surface area contributed by atoms with Crippen molar-refractivity contribution >= 4 is 34.0 Å². The average Bonchev–Trinajstić information content (AvgIpc) is 2.62. The van der Waals surface area contributed by atoms with Gasteiger partial charge < -0.3 is 10.1 Å². The van der Waals surface area contributed by atoms with Crippen LogP contribution >= 0.6 is 15.9 Å². The number of rotatable bonds is 6. The third kappa shape index (κ3) is 5.72. The van der Waals surface area contributed by atoms with Crippen molar-refractivity contribution in [3.63, 3.8) is 0 Å². The second kappa shape index (κ2) is 8.98. The summed E-state index contributed by atoms with van der Waals surface area (Å²) in [5.41, 5.74) is 4.68. The lowest BCUT2D eigenvalue weighted by atomic mass is 10.1. The van der Waals surface area contributed by atoms with Gasteiger partial charge in [0.2, 0.25) is 0 Å². The van der Waals surface area contributed by atoms with Crippen LogP contribution in [-0.2, 0) is 4.79 Å². The summed E-state index contributed by atoms with van der Waals surface area (Å²) in [6, 6.07) is 12.5. The monoisotopic (exact) mass is 403 g/mol. The third-order valence-electron chi connectivity index (χ3n) is 3.32. The highest BCUT2D eigenvalue weighted by molar-refractivity contribution is 9.10. The molecule has 2 aromatic carbocycles. The van der Waals surface area contributed by atoms with E-state index in [-0.39, 0.29) is 12.5 Å². The van der Waals surface area contributed by atoms with E-state index in [4.69, 9.17) is 4.74 Å². The number of hydrogen-bond acceptors (Lipinski definition) is 4. The molecule has 0 aliphatic carbocycles. The zero-order chi connectivity index (χ0) is 18.2. The Labute approximate surface area is 154 Å². The van der Waals surface area contributed by atoms with Gasteiger partial charge in [-0.2, -0.15) is 5.10 Å². The number of halogens is 1. The third-order valence-corrected chi connectivity index (χ3v) is 4.04. The van der Waals surface area contributed by atoms with Crippen LogP contribution in [0.5, 0.6) is 5.75 Å². The average molecular weight is 404 g/mol. The van der Waals surface area contributed by atoms with Crippen molar-refractivity contribution < 1.29 is 14.3 Å². The minimum Gasteiger partial charge on any atom is -0.497 e. The maximum absolute atomic E-state index is 11.9. The van der Waals surface area contributed by atoms with Crippen LogP contribution in [0, 0.1) is 6.92 Å². The number of hydrogen-bond donors (Lipinski definition) is 2. The predicted molar refractivity (Wildman–Crippen MR) is 99.9 cm³/mol. The van der Waals surface area contributed by atoms with Crippen LogP contribution in [0.1, 0.15) is 21.5 Å². The molecule has 2 N–H and O–H groups in total. The van der Waals surface area contributed by atoms with Crippen molar-refractivity contribution in [1.82, 2.24) is 10.7 Å². The Bertz CT molecular complexity index is 789. The number of amides is 2. The molecule has 0 fully saturated rings. The first-order valence-corrected chi connectivity index (χ1v) is 8.29. The SMILES string of the molecule is COc1ccc(Br)c(/C=N\NC(=O)CNC(=O)c2ccc(C)cc2)c1. The smallest absolute Gasteiger partial charge is 0.259 e. The largest absolute Gasteiger partial charge is 0.497 e. The van der Waals surface area contributed by atoms with E-state index in [0.29, 0.717) is 11.3 Å². The fraction of sp³-hybridized carbons (Fsp3) is 0.167. The summed E-state index contributed by atoms with van der Waals surface area (Å²) in [4.78, 5) is 23.7. The first kappa shape index (κ1) is 18.7. The number of carbonyl (C=O) groups is 2. The van der Waals surface area contributed by atoms with Gasteiger partial charge in [-0.05, 0) is 37.3 Å². The Hall–Kier alpha value is -2.67. The van der Waals surface area contributed by atoms with E-state index in [1.807, 2.05) is 25.1 Å². The number of aryl methyl sites for hydroxylation is 1. The van der Waals surface area contributed by atoms with E-state index in [9.17, 15) is 9.59 Å². The minimum atomic E-state index is -0.421. The van der Waals surface area contributed by atoms with E-state index in [1.165, 1.54) is 6.21 Å². The molecule has 6 nitrogen and oxygen atoms in total. The lowest BCUT2D eigenvalue weighted by Gasteiger charge is -2.05. The van der Waals surface area contributed by atoms with E-state index in [2.05, 4.69) is 31.8 Å². The molecule has 0 saturated carbocycles. The van der Waals surface area contributed by atoms with Crippen LogP contribution in [0.4, 0.5) is 0 Å². The van der Waals surface area contributed by atoms with Crippen LogP contribution in [0.15, 0.2) is 52.0 Å². The summed E-state index contributed by atoms with van der Waals surface area (Å²) in [7, 11) is 1.57. The molecule has 2 aromatic rings. The second-order valence-electron chi connectivity index (χ2n) is 5.23. The molecule has 0 atom stereocenters. The van der Waals surface area contributed by atoms with Gasteiger partial charge in [-0.15, -0.1) is 0 Å². The molecule has 7 heteroatoms. The minimum absolute atomic E-state index is 0.163. The maximum Gasteiger partial charge on any atom is 0.259 e. The predicted octanol–water partition coefficient (Wildman–Crippen LogP) is 2.65. The Balaban J connectivity index is 1.84. The maximum atomic E-state index is 11.9. The Morgan fingerprint density at radius 1 is 1.20 bits per heavy atom. The normalized spacial score (nSPS) is 10.5. The van der Waals surface area contributed by atoms with Gasteiger partial charge in [-0.3, -0.25) is 9.59 Å². The molecule has 130 valence electrons. The van der Waals surface area contributed by atoms with Gasteiger partial charge in [0.25, 0.3) is 11.8 Å². The number of ether oxygens (including phenoxy) is 1. The van der Waals surface area contributed by atoms with Gasteiger partial charge in [0, 0.05) is 15.6 Å². The van der Waals surface area contributed by atoms with E-state index < -0.39 is 5.91 Å². The van der Waals surface area contributed by atoms with E-state index in [1.54, 1.807) is 31.4 Å². The molecule has 0 radical (unpaired) electrons. The molecule has 0 aliphatic rings. The van der Waals surface area contributed by atoms with E-state index >= 15 is 0 Å². The van der Waals surface area contributed by atoms with Crippen LogP contribution in [0.25, 0.3) is 0 Å². The summed E-state index contributed by atoms with van der Waals surface area (Å²) in [5.74, 6) is -0.0493. The Kier molecular flexibility index (Phi) is 6.71. The number of carbonyl (C=O) groups excluding carboxylic acids is 2. The first-order valence-electron chi connectivity index (χ1n) is 7.50. The highest BCUT2D eigenvalue weighted by Gasteiger charge is 2.07.